The van der Waals surface area contributed by atoms with Gasteiger partial charge in [-0.25, -0.2) is 0 Å². The minimum absolute atomic E-state index is 0.128. The Morgan fingerprint density at radius 3 is 2.79 bits per heavy atom. The maximum Gasteiger partial charge on any atom is 0.134 e. The van der Waals surface area contributed by atoms with Crippen molar-refractivity contribution in [2.45, 2.75) is 51.4 Å². The van der Waals surface area contributed by atoms with Crippen LogP contribution in [-0.2, 0) is 4.74 Å². The van der Waals surface area contributed by atoms with Crippen LogP contribution < -0.4 is 0 Å². The third kappa shape index (κ3) is 2.65. The van der Waals surface area contributed by atoms with Gasteiger partial charge in [-0.15, -0.1) is 0 Å². The van der Waals surface area contributed by atoms with E-state index in [0.717, 1.165) is 11.3 Å². The zero-order chi connectivity index (χ0) is 16.7. The van der Waals surface area contributed by atoms with Crippen molar-refractivity contribution in [1.29, 1.82) is 0 Å². The molecule has 24 heavy (non-hydrogen) atoms. The van der Waals surface area contributed by atoms with Crippen LogP contribution in [0.2, 0.25) is 5.02 Å². The second kappa shape index (κ2) is 6.48. The minimum atomic E-state index is 0.128. The van der Waals surface area contributed by atoms with E-state index in [4.69, 9.17) is 16.3 Å². The lowest BCUT2D eigenvalue weighted by molar-refractivity contribution is 0.311. The second-order valence-corrected chi connectivity index (χ2v) is 7.78. The normalized spacial score (nSPS) is 28.4. The van der Waals surface area contributed by atoms with Crippen LogP contribution in [0.15, 0.2) is 34.9 Å². The smallest absolute Gasteiger partial charge is 0.134 e. The number of hydrogen-bond acceptors (Lipinski definition) is 2. The number of aromatic hydroxyl groups is 1. The molecule has 1 saturated carbocycles. The molecule has 1 aromatic carbocycles. The minimum Gasteiger partial charge on any atom is -0.506 e. The van der Waals surface area contributed by atoms with E-state index in [-0.39, 0.29) is 5.75 Å². The van der Waals surface area contributed by atoms with Gasteiger partial charge in [0.25, 0.3) is 0 Å². The third-order valence-corrected chi connectivity index (χ3v) is 6.40. The molecule has 3 aliphatic rings. The summed E-state index contributed by atoms with van der Waals surface area (Å²) in [4.78, 5) is 0. The number of hydrogen-bond donors (Lipinski definition) is 1. The lowest BCUT2D eigenvalue weighted by Crippen LogP contribution is -2.30. The molecule has 0 saturated heterocycles. The zero-order valence-electron chi connectivity index (χ0n) is 14.3. The Morgan fingerprint density at radius 1 is 1.17 bits per heavy atom. The summed E-state index contributed by atoms with van der Waals surface area (Å²) in [5, 5.41) is 10.4. The Labute approximate surface area is 149 Å². The molecule has 0 aliphatic heterocycles. The summed E-state index contributed by atoms with van der Waals surface area (Å²) in [5.74, 6) is 2.26. The maximum atomic E-state index is 10.0. The highest BCUT2D eigenvalue weighted by atomic mass is 35.5. The largest absolute Gasteiger partial charge is 0.506 e. The number of rotatable bonds is 2. The molecule has 0 radical (unpaired) electrons. The van der Waals surface area contributed by atoms with Gasteiger partial charge in [0.2, 0.25) is 0 Å². The maximum absolute atomic E-state index is 10.0. The fraction of sp³-hybridized carbons (Fsp3) is 0.524. The number of fused-ring (bicyclic) bond motifs is 3. The van der Waals surface area contributed by atoms with Gasteiger partial charge in [0.1, 0.15) is 11.5 Å². The average molecular weight is 345 g/mol. The summed E-state index contributed by atoms with van der Waals surface area (Å²) in [5.41, 5.74) is 5.88. The highest BCUT2D eigenvalue weighted by Gasteiger charge is 2.39. The van der Waals surface area contributed by atoms with Gasteiger partial charge in [-0.3, -0.25) is 0 Å². The van der Waals surface area contributed by atoms with E-state index in [2.05, 4.69) is 0 Å². The average Bonchev–Trinajstić information content (AvgIpc) is 2.59. The molecule has 1 N–H and O–H groups in total. The van der Waals surface area contributed by atoms with Gasteiger partial charge in [0, 0.05) is 11.5 Å². The molecule has 2 unspecified atom stereocenters. The summed E-state index contributed by atoms with van der Waals surface area (Å²) < 4.78 is 5.89. The Balaban J connectivity index is 1.83. The zero-order valence-corrected chi connectivity index (χ0v) is 15.0. The Bertz CT molecular complexity index is 717. The van der Waals surface area contributed by atoms with Gasteiger partial charge in [0.15, 0.2) is 0 Å². The van der Waals surface area contributed by atoms with Gasteiger partial charge in [-0.2, -0.15) is 0 Å². The van der Waals surface area contributed by atoms with Crippen molar-refractivity contribution in [2.75, 3.05) is 7.11 Å². The highest BCUT2D eigenvalue weighted by Crippen LogP contribution is 2.53. The van der Waals surface area contributed by atoms with Crippen molar-refractivity contribution in [3.05, 3.63) is 45.5 Å². The quantitative estimate of drug-likeness (QED) is 0.519. The van der Waals surface area contributed by atoms with E-state index < -0.39 is 0 Å². The number of allylic oxidation sites excluding steroid dienone is 3. The van der Waals surface area contributed by atoms with E-state index in [1.807, 2.05) is 6.07 Å². The first-order valence-electron chi connectivity index (χ1n) is 9.16. The first kappa shape index (κ1) is 16.1. The van der Waals surface area contributed by atoms with Crippen molar-refractivity contribution < 1.29 is 9.84 Å². The molecule has 2 bridgehead atoms. The molecule has 2 nitrogen and oxygen atoms in total. The highest BCUT2D eigenvalue weighted by molar-refractivity contribution is 6.32. The molecule has 128 valence electrons. The van der Waals surface area contributed by atoms with E-state index in [9.17, 15) is 5.11 Å². The summed E-state index contributed by atoms with van der Waals surface area (Å²) in [6, 6.07) is 5.47. The monoisotopic (exact) mass is 344 g/mol. The second-order valence-electron chi connectivity index (χ2n) is 7.38. The number of benzene rings is 1. The van der Waals surface area contributed by atoms with Crippen molar-refractivity contribution >= 4 is 17.4 Å². The molecule has 0 amide bonds. The van der Waals surface area contributed by atoms with Crippen LogP contribution in [0, 0.1) is 11.8 Å². The Morgan fingerprint density at radius 2 is 2.00 bits per heavy atom. The van der Waals surface area contributed by atoms with Crippen LogP contribution >= 0.6 is 11.6 Å². The summed E-state index contributed by atoms with van der Waals surface area (Å²) >= 11 is 5.99. The predicted octanol–water partition coefficient (Wildman–Crippen LogP) is 6.09. The molecule has 1 fully saturated rings. The fourth-order valence-electron chi connectivity index (χ4n) is 5.08. The van der Waals surface area contributed by atoms with Crippen molar-refractivity contribution in [2.24, 2.45) is 11.8 Å². The van der Waals surface area contributed by atoms with Gasteiger partial charge in [-0.1, -0.05) is 29.2 Å². The van der Waals surface area contributed by atoms with Gasteiger partial charge < -0.3 is 9.84 Å². The summed E-state index contributed by atoms with van der Waals surface area (Å²) in [6.45, 7) is 0. The predicted molar refractivity (Wildman–Crippen MR) is 98.0 cm³/mol. The van der Waals surface area contributed by atoms with Gasteiger partial charge >= 0.3 is 0 Å². The van der Waals surface area contributed by atoms with Crippen molar-refractivity contribution in [3.8, 4) is 5.75 Å². The Hall–Kier alpha value is -1.41. The molecule has 3 heteroatoms. The molecule has 0 aromatic heterocycles. The van der Waals surface area contributed by atoms with Crippen LogP contribution in [0.3, 0.4) is 0 Å². The molecule has 3 aliphatic carbocycles. The van der Waals surface area contributed by atoms with Crippen LogP contribution in [0.5, 0.6) is 5.75 Å². The van der Waals surface area contributed by atoms with Crippen molar-refractivity contribution in [3.63, 3.8) is 0 Å². The summed E-state index contributed by atoms with van der Waals surface area (Å²) in [7, 11) is 1.76. The molecule has 0 spiro atoms. The van der Waals surface area contributed by atoms with Crippen LogP contribution in [0.4, 0.5) is 0 Å². The Kier molecular flexibility index (Phi) is 4.34. The lowest BCUT2D eigenvalue weighted by Gasteiger charge is -2.43. The van der Waals surface area contributed by atoms with Gasteiger partial charge in [0.05, 0.1) is 12.1 Å². The number of phenolic OH excluding ortho intramolecular Hbond substituents is 1. The third-order valence-electron chi connectivity index (χ3n) is 6.08. The molecule has 1 aromatic rings. The molecular formula is C21H25ClO2. The van der Waals surface area contributed by atoms with Crippen LogP contribution in [-0.4, -0.2) is 12.2 Å². The van der Waals surface area contributed by atoms with Crippen molar-refractivity contribution in [1.82, 2.24) is 0 Å². The van der Waals surface area contributed by atoms with Gasteiger partial charge in [-0.05, 0) is 74.6 Å². The van der Waals surface area contributed by atoms with E-state index >= 15 is 0 Å². The fourth-order valence-corrected chi connectivity index (χ4v) is 5.20. The molecule has 2 atom stereocenters. The van der Waals surface area contributed by atoms with Crippen LogP contribution in [0.1, 0.15) is 56.9 Å². The standard InChI is InChI=1S/C21H25ClO2/c1-24-21(15-9-10-18(22)19(23)12-15)20-14-6-4-8-17(20)16-7-3-2-5-13(16)11-14/h9-10,12,14,17,23H,2-8,11H2,1H3. The topological polar surface area (TPSA) is 29.5 Å². The number of phenols is 1. The number of ether oxygens (including phenoxy) is 1. The SMILES string of the molecule is COC(=C1C2CCCC1C1=C(CCCC1)C2)c1ccc(Cl)c(O)c1. The number of halogens is 1. The first-order chi connectivity index (χ1) is 11.7. The van der Waals surface area contributed by atoms with E-state index in [1.165, 1.54) is 56.9 Å². The van der Waals surface area contributed by atoms with E-state index in [1.54, 1.807) is 30.4 Å². The lowest BCUT2D eigenvalue weighted by atomic mass is 9.62. The van der Waals surface area contributed by atoms with E-state index in [0.29, 0.717) is 16.9 Å². The molecule has 0 heterocycles. The molecule has 4 rings (SSSR count). The molecular weight excluding hydrogens is 320 g/mol. The number of methoxy groups -OCH3 is 1. The summed E-state index contributed by atoms with van der Waals surface area (Å²) in [6.07, 6.45) is 10.3. The van der Waals surface area contributed by atoms with Crippen LogP contribution in [0.25, 0.3) is 5.76 Å². The first-order valence-corrected chi connectivity index (χ1v) is 9.54.